The van der Waals surface area contributed by atoms with Crippen LogP contribution in [-0.2, 0) is 9.59 Å². The van der Waals surface area contributed by atoms with E-state index in [0.717, 1.165) is 29.9 Å². The van der Waals surface area contributed by atoms with E-state index < -0.39 is 11.8 Å². The Morgan fingerprint density at radius 3 is 2.27 bits per heavy atom. The van der Waals surface area contributed by atoms with E-state index in [9.17, 15) is 9.59 Å². The van der Waals surface area contributed by atoms with E-state index in [2.05, 4.69) is 35.3 Å². The summed E-state index contributed by atoms with van der Waals surface area (Å²) in [5.41, 5.74) is 5.28. The molecule has 0 atom stereocenters. The van der Waals surface area contributed by atoms with Crippen molar-refractivity contribution in [1.29, 1.82) is 0 Å². The van der Waals surface area contributed by atoms with Gasteiger partial charge in [0.1, 0.15) is 0 Å². The normalized spacial score (nSPS) is 14.3. The second-order valence-electron chi connectivity index (χ2n) is 6.87. The average molecular weight is 351 g/mol. The summed E-state index contributed by atoms with van der Waals surface area (Å²) in [5, 5.41) is 2.71. The maximum Gasteiger partial charge on any atom is 0.313 e. The minimum atomic E-state index is -0.572. The number of piperazine rings is 1. The molecule has 5 nitrogen and oxygen atoms in total. The Labute approximate surface area is 154 Å². The molecule has 136 valence electrons. The SMILES string of the molecule is Cc1cccc(N2CCN(C(=O)C(=O)Nc3ccc(C)c(C)c3)CC2)c1. The fraction of sp³-hybridized carbons (Fsp3) is 0.333. The van der Waals surface area contributed by atoms with E-state index in [1.165, 1.54) is 5.56 Å². The molecular formula is C21H25N3O2. The van der Waals surface area contributed by atoms with Crippen LogP contribution >= 0.6 is 0 Å². The van der Waals surface area contributed by atoms with Crippen LogP contribution in [0.15, 0.2) is 42.5 Å². The van der Waals surface area contributed by atoms with Crippen LogP contribution in [0.25, 0.3) is 0 Å². The highest BCUT2D eigenvalue weighted by atomic mass is 16.2. The number of hydrogen-bond donors (Lipinski definition) is 1. The monoisotopic (exact) mass is 351 g/mol. The smallest absolute Gasteiger partial charge is 0.313 e. The van der Waals surface area contributed by atoms with Gasteiger partial charge in [0.25, 0.3) is 0 Å². The number of carbonyl (C=O) groups excluding carboxylic acids is 2. The zero-order valence-electron chi connectivity index (χ0n) is 15.6. The molecule has 1 fully saturated rings. The predicted molar refractivity (Wildman–Crippen MR) is 105 cm³/mol. The van der Waals surface area contributed by atoms with Crippen LogP contribution in [0.4, 0.5) is 11.4 Å². The lowest BCUT2D eigenvalue weighted by Gasteiger charge is -2.35. The van der Waals surface area contributed by atoms with Crippen LogP contribution in [0, 0.1) is 20.8 Å². The van der Waals surface area contributed by atoms with Crippen molar-refractivity contribution in [3.8, 4) is 0 Å². The Morgan fingerprint density at radius 2 is 1.62 bits per heavy atom. The molecule has 1 saturated heterocycles. The number of hydrogen-bond acceptors (Lipinski definition) is 3. The largest absolute Gasteiger partial charge is 0.368 e. The molecule has 3 rings (SSSR count). The number of carbonyl (C=O) groups is 2. The number of nitrogens with zero attached hydrogens (tertiary/aromatic N) is 2. The topological polar surface area (TPSA) is 52.7 Å². The lowest BCUT2D eigenvalue weighted by molar-refractivity contribution is -0.143. The molecule has 2 aromatic carbocycles. The molecule has 1 aliphatic heterocycles. The molecule has 0 bridgehead atoms. The van der Waals surface area contributed by atoms with Crippen molar-refractivity contribution < 1.29 is 9.59 Å². The Kier molecular flexibility index (Phi) is 5.26. The Hall–Kier alpha value is -2.82. The molecule has 1 heterocycles. The molecule has 0 unspecified atom stereocenters. The van der Waals surface area contributed by atoms with Gasteiger partial charge in [0.2, 0.25) is 0 Å². The van der Waals surface area contributed by atoms with Gasteiger partial charge in [0.05, 0.1) is 0 Å². The van der Waals surface area contributed by atoms with Crippen LogP contribution in [0.1, 0.15) is 16.7 Å². The van der Waals surface area contributed by atoms with Crippen LogP contribution in [-0.4, -0.2) is 42.9 Å². The molecule has 0 aromatic heterocycles. The number of rotatable bonds is 2. The fourth-order valence-electron chi connectivity index (χ4n) is 3.14. The fourth-order valence-corrected chi connectivity index (χ4v) is 3.14. The van der Waals surface area contributed by atoms with Crippen molar-refractivity contribution in [2.45, 2.75) is 20.8 Å². The summed E-state index contributed by atoms with van der Waals surface area (Å²) in [6.45, 7) is 8.62. The second-order valence-corrected chi connectivity index (χ2v) is 6.87. The summed E-state index contributed by atoms with van der Waals surface area (Å²) in [6.07, 6.45) is 0. The van der Waals surface area contributed by atoms with Gasteiger partial charge < -0.3 is 15.1 Å². The lowest BCUT2D eigenvalue weighted by Crippen LogP contribution is -2.51. The van der Waals surface area contributed by atoms with Crippen molar-refractivity contribution in [1.82, 2.24) is 4.90 Å². The highest BCUT2D eigenvalue weighted by Crippen LogP contribution is 2.18. The molecular weight excluding hydrogens is 326 g/mol. The first-order valence-electron chi connectivity index (χ1n) is 8.93. The van der Waals surface area contributed by atoms with E-state index in [1.54, 1.807) is 4.90 Å². The molecule has 0 aliphatic carbocycles. The van der Waals surface area contributed by atoms with E-state index >= 15 is 0 Å². The average Bonchev–Trinajstić information content (AvgIpc) is 2.64. The molecule has 1 aliphatic rings. The zero-order valence-corrected chi connectivity index (χ0v) is 15.6. The number of benzene rings is 2. The highest BCUT2D eigenvalue weighted by molar-refractivity contribution is 6.39. The van der Waals surface area contributed by atoms with E-state index in [1.807, 2.05) is 38.1 Å². The standard InChI is InChI=1S/C21H25N3O2/c1-15-5-4-6-19(13-15)23-9-11-24(12-10-23)21(26)20(25)22-18-8-7-16(2)17(3)14-18/h4-8,13-14H,9-12H2,1-3H3,(H,22,25). The van der Waals surface area contributed by atoms with Gasteiger partial charge in [0, 0.05) is 37.6 Å². The summed E-state index contributed by atoms with van der Waals surface area (Å²) in [7, 11) is 0. The van der Waals surface area contributed by atoms with Crippen molar-refractivity contribution in [2.24, 2.45) is 0 Å². The summed E-state index contributed by atoms with van der Waals surface area (Å²) in [6, 6.07) is 14.0. The van der Waals surface area contributed by atoms with Gasteiger partial charge in [-0.3, -0.25) is 9.59 Å². The predicted octanol–water partition coefficient (Wildman–Crippen LogP) is 2.90. The van der Waals surface area contributed by atoms with Gasteiger partial charge in [-0.05, 0) is 61.7 Å². The molecule has 5 heteroatoms. The molecule has 2 amide bonds. The van der Waals surface area contributed by atoms with Crippen molar-refractivity contribution in [2.75, 3.05) is 36.4 Å². The third-order valence-corrected chi connectivity index (χ3v) is 4.89. The third kappa shape index (κ3) is 4.04. The quantitative estimate of drug-likeness (QED) is 0.847. The zero-order chi connectivity index (χ0) is 18.7. The van der Waals surface area contributed by atoms with Crippen molar-refractivity contribution in [3.05, 3.63) is 59.2 Å². The van der Waals surface area contributed by atoms with Crippen LogP contribution < -0.4 is 10.2 Å². The van der Waals surface area contributed by atoms with Gasteiger partial charge >= 0.3 is 11.8 Å². The van der Waals surface area contributed by atoms with Crippen LogP contribution in [0.3, 0.4) is 0 Å². The van der Waals surface area contributed by atoms with E-state index in [-0.39, 0.29) is 0 Å². The van der Waals surface area contributed by atoms with Crippen LogP contribution in [0.5, 0.6) is 0 Å². The molecule has 0 radical (unpaired) electrons. The Morgan fingerprint density at radius 1 is 0.885 bits per heavy atom. The van der Waals surface area contributed by atoms with Gasteiger partial charge in [-0.15, -0.1) is 0 Å². The van der Waals surface area contributed by atoms with Gasteiger partial charge in [0.15, 0.2) is 0 Å². The first-order chi connectivity index (χ1) is 12.4. The molecule has 0 spiro atoms. The van der Waals surface area contributed by atoms with Gasteiger partial charge in [-0.25, -0.2) is 0 Å². The van der Waals surface area contributed by atoms with Crippen molar-refractivity contribution in [3.63, 3.8) is 0 Å². The number of anilines is 2. The van der Waals surface area contributed by atoms with Crippen LogP contribution in [0.2, 0.25) is 0 Å². The second kappa shape index (κ2) is 7.60. The summed E-state index contributed by atoms with van der Waals surface area (Å²) < 4.78 is 0. The van der Waals surface area contributed by atoms with E-state index in [0.29, 0.717) is 18.8 Å². The maximum absolute atomic E-state index is 12.4. The highest BCUT2D eigenvalue weighted by Gasteiger charge is 2.26. The number of aryl methyl sites for hydroxylation is 3. The molecule has 26 heavy (non-hydrogen) atoms. The molecule has 2 aromatic rings. The Balaban J connectivity index is 1.57. The van der Waals surface area contributed by atoms with Gasteiger partial charge in [-0.1, -0.05) is 18.2 Å². The number of nitrogens with one attached hydrogen (secondary N) is 1. The minimum absolute atomic E-state index is 0.466. The first-order valence-corrected chi connectivity index (χ1v) is 8.93. The summed E-state index contributed by atoms with van der Waals surface area (Å²) in [4.78, 5) is 28.6. The van der Waals surface area contributed by atoms with Crippen molar-refractivity contribution >= 4 is 23.2 Å². The summed E-state index contributed by atoms with van der Waals surface area (Å²) >= 11 is 0. The maximum atomic E-state index is 12.4. The lowest BCUT2D eigenvalue weighted by atomic mass is 10.1. The van der Waals surface area contributed by atoms with Gasteiger partial charge in [-0.2, -0.15) is 0 Å². The first kappa shape index (κ1) is 18.0. The van der Waals surface area contributed by atoms with E-state index in [4.69, 9.17) is 0 Å². The summed E-state index contributed by atoms with van der Waals surface area (Å²) in [5.74, 6) is -1.04. The molecule has 0 saturated carbocycles. The number of amides is 2. The molecule has 1 N–H and O–H groups in total. The Bertz CT molecular complexity index is 824. The minimum Gasteiger partial charge on any atom is -0.368 e. The third-order valence-electron chi connectivity index (χ3n) is 4.89.